The van der Waals surface area contributed by atoms with Gasteiger partial charge in [0.15, 0.2) is 0 Å². The van der Waals surface area contributed by atoms with Crippen LogP contribution in [0.3, 0.4) is 0 Å². The molecule has 35 heavy (non-hydrogen) atoms. The highest BCUT2D eigenvalue weighted by Gasteiger charge is 2.26. The van der Waals surface area contributed by atoms with Gasteiger partial charge >= 0.3 is 0 Å². The molecule has 1 aliphatic heterocycles. The molecule has 5 rings (SSSR count). The summed E-state index contributed by atoms with van der Waals surface area (Å²) in [6.07, 6.45) is 0. The molecule has 3 aromatic carbocycles. The summed E-state index contributed by atoms with van der Waals surface area (Å²) in [4.78, 5) is 13.1. The molecule has 1 saturated heterocycles. The molecule has 1 aliphatic rings. The quantitative estimate of drug-likeness (QED) is 0.430. The number of aromatic nitrogens is 1. The summed E-state index contributed by atoms with van der Waals surface area (Å²) in [6.45, 7) is 2.04. The van der Waals surface area contributed by atoms with Crippen LogP contribution in [-0.2, 0) is 32.6 Å². The molecule has 0 atom stereocenters. The van der Waals surface area contributed by atoms with E-state index in [9.17, 15) is 13.2 Å². The largest absolute Gasteiger partial charge is 0.379 e. The molecular weight excluding hydrogens is 462 g/mol. The molecule has 1 fully saturated rings. The van der Waals surface area contributed by atoms with Crippen LogP contribution in [0, 0.1) is 0 Å². The molecule has 0 saturated carbocycles. The molecule has 1 amide bonds. The van der Waals surface area contributed by atoms with Gasteiger partial charge in [0.05, 0.1) is 18.1 Å². The minimum absolute atomic E-state index is 0.117. The Morgan fingerprint density at radius 1 is 0.886 bits per heavy atom. The van der Waals surface area contributed by atoms with Crippen molar-refractivity contribution < 1.29 is 17.9 Å². The Kier molecular flexibility index (Phi) is 6.68. The van der Waals surface area contributed by atoms with E-state index in [0.29, 0.717) is 32.8 Å². The summed E-state index contributed by atoms with van der Waals surface area (Å²) in [7, 11) is -3.53. The maximum atomic E-state index is 12.9. The first-order valence-corrected chi connectivity index (χ1v) is 13.0. The number of benzene rings is 3. The van der Waals surface area contributed by atoms with E-state index in [1.165, 1.54) is 4.31 Å². The zero-order chi connectivity index (χ0) is 24.3. The van der Waals surface area contributed by atoms with Crippen molar-refractivity contribution in [3.05, 3.63) is 90.5 Å². The van der Waals surface area contributed by atoms with Gasteiger partial charge in [0.25, 0.3) is 0 Å². The van der Waals surface area contributed by atoms with Gasteiger partial charge in [-0.15, -0.1) is 0 Å². The van der Waals surface area contributed by atoms with Gasteiger partial charge in [-0.1, -0.05) is 60.7 Å². The fourth-order valence-electron chi connectivity index (χ4n) is 4.34. The monoisotopic (exact) mass is 489 g/mol. The zero-order valence-corrected chi connectivity index (χ0v) is 20.1. The normalized spacial score (nSPS) is 14.7. The SMILES string of the molecule is O=C(Cn1c(-c2ccccc2)cc2ccccc21)NCc1ccc(S(=O)(=O)N2CCOCC2)cc1. The van der Waals surface area contributed by atoms with Crippen LogP contribution in [0.1, 0.15) is 5.56 Å². The van der Waals surface area contributed by atoms with Gasteiger partial charge in [-0.2, -0.15) is 4.31 Å². The van der Waals surface area contributed by atoms with E-state index in [2.05, 4.69) is 11.4 Å². The van der Waals surface area contributed by atoms with Crippen LogP contribution in [0.5, 0.6) is 0 Å². The lowest BCUT2D eigenvalue weighted by Crippen LogP contribution is -2.40. The van der Waals surface area contributed by atoms with Crippen LogP contribution in [0.25, 0.3) is 22.2 Å². The van der Waals surface area contributed by atoms with Crippen molar-refractivity contribution in [3.8, 4) is 11.3 Å². The lowest BCUT2D eigenvalue weighted by Gasteiger charge is -2.26. The third-order valence-electron chi connectivity index (χ3n) is 6.20. The number of para-hydroxylation sites is 1. The number of nitrogens with one attached hydrogen (secondary N) is 1. The van der Waals surface area contributed by atoms with Crippen LogP contribution in [0.15, 0.2) is 89.8 Å². The van der Waals surface area contributed by atoms with E-state index in [-0.39, 0.29) is 17.3 Å². The summed E-state index contributed by atoms with van der Waals surface area (Å²) in [5, 5.41) is 4.05. The van der Waals surface area contributed by atoms with Gasteiger partial charge in [0.2, 0.25) is 15.9 Å². The third kappa shape index (κ3) is 5.00. The van der Waals surface area contributed by atoms with Crippen molar-refractivity contribution in [3.63, 3.8) is 0 Å². The zero-order valence-electron chi connectivity index (χ0n) is 19.3. The summed E-state index contributed by atoms with van der Waals surface area (Å²) < 4.78 is 34.3. The molecule has 1 N–H and O–H groups in total. The van der Waals surface area contributed by atoms with Crippen molar-refractivity contribution in [2.24, 2.45) is 0 Å². The van der Waals surface area contributed by atoms with Crippen molar-refractivity contribution in [2.75, 3.05) is 26.3 Å². The van der Waals surface area contributed by atoms with Crippen LogP contribution in [0.2, 0.25) is 0 Å². The minimum atomic E-state index is -3.53. The highest BCUT2D eigenvalue weighted by molar-refractivity contribution is 7.89. The molecule has 0 bridgehead atoms. The predicted molar refractivity (Wildman–Crippen MR) is 135 cm³/mol. The third-order valence-corrected chi connectivity index (χ3v) is 8.12. The van der Waals surface area contributed by atoms with E-state index in [0.717, 1.165) is 27.7 Å². The average molecular weight is 490 g/mol. The van der Waals surface area contributed by atoms with E-state index < -0.39 is 10.0 Å². The topological polar surface area (TPSA) is 80.6 Å². The van der Waals surface area contributed by atoms with Gasteiger partial charge in [-0.25, -0.2) is 8.42 Å². The second-order valence-corrected chi connectivity index (χ2v) is 10.4. The van der Waals surface area contributed by atoms with Crippen molar-refractivity contribution in [1.29, 1.82) is 0 Å². The van der Waals surface area contributed by atoms with Crippen LogP contribution in [0.4, 0.5) is 0 Å². The molecular formula is C27H27N3O4S. The number of carbonyl (C=O) groups excluding carboxylic acids is 1. The number of sulfonamides is 1. The first-order chi connectivity index (χ1) is 17.0. The molecule has 0 aliphatic carbocycles. The lowest BCUT2D eigenvalue weighted by atomic mass is 10.1. The summed E-state index contributed by atoms with van der Waals surface area (Å²) in [5.74, 6) is -0.117. The molecule has 7 nitrogen and oxygen atoms in total. The lowest BCUT2D eigenvalue weighted by molar-refractivity contribution is -0.121. The van der Waals surface area contributed by atoms with Crippen LogP contribution < -0.4 is 5.32 Å². The Morgan fingerprint density at radius 3 is 2.31 bits per heavy atom. The number of morpholine rings is 1. The van der Waals surface area contributed by atoms with E-state index in [1.54, 1.807) is 24.3 Å². The number of hydrogen-bond donors (Lipinski definition) is 1. The molecule has 8 heteroatoms. The van der Waals surface area contributed by atoms with Crippen molar-refractivity contribution >= 4 is 26.8 Å². The molecule has 180 valence electrons. The number of carbonyl (C=O) groups is 1. The maximum Gasteiger partial charge on any atom is 0.243 e. The Hall–Kier alpha value is -3.46. The van der Waals surface area contributed by atoms with Gasteiger partial charge in [-0.3, -0.25) is 4.79 Å². The van der Waals surface area contributed by atoms with Gasteiger partial charge < -0.3 is 14.6 Å². The van der Waals surface area contributed by atoms with Crippen LogP contribution in [-0.4, -0.2) is 49.5 Å². The molecule has 0 unspecified atom stereocenters. The van der Waals surface area contributed by atoms with Gasteiger partial charge in [0.1, 0.15) is 6.54 Å². The number of rotatable bonds is 7. The maximum absolute atomic E-state index is 12.9. The van der Waals surface area contributed by atoms with E-state index >= 15 is 0 Å². The van der Waals surface area contributed by atoms with Gasteiger partial charge in [-0.05, 0) is 35.4 Å². The summed E-state index contributed by atoms with van der Waals surface area (Å²) in [5.41, 5.74) is 3.87. The Balaban J connectivity index is 1.28. The Bertz CT molecular complexity index is 1420. The smallest absolute Gasteiger partial charge is 0.243 e. The average Bonchev–Trinajstić information content (AvgIpc) is 3.27. The number of nitrogens with zero attached hydrogens (tertiary/aromatic N) is 2. The predicted octanol–water partition coefficient (Wildman–Crippen LogP) is 3.65. The second kappa shape index (κ2) is 10.0. The van der Waals surface area contributed by atoms with Gasteiger partial charge in [0, 0.05) is 36.2 Å². The number of amides is 1. The minimum Gasteiger partial charge on any atom is -0.379 e. The summed E-state index contributed by atoms with van der Waals surface area (Å²) in [6, 6.07) is 26.8. The number of hydrogen-bond acceptors (Lipinski definition) is 4. The van der Waals surface area contributed by atoms with E-state index in [4.69, 9.17) is 4.74 Å². The molecule has 0 spiro atoms. The van der Waals surface area contributed by atoms with Crippen molar-refractivity contribution in [1.82, 2.24) is 14.2 Å². The second-order valence-electron chi connectivity index (χ2n) is 8.48. The molecule has 0 radical (unpaired) electrons. The number of ether oxygens (including phenoxy) is 1. The van der Waals surface area contributed by atoms with Crippen LogP contribution >= 0.6 is 0 Å². The van der Waals surface area contributed by atoms with Crippen molar-refractivity contribution in [2.45, 2.75) is 18.0 Å². The number of fused-ring (bicyclic) bond motifs is 1. The summed E-state index contributed by atoms with van der Waals surface area (Å²) >= 11 is 0. The molecule has 1 aromatic heterocycles. The Labute approximate surface area is 205 Å². The van der Waals surface area contributed by atoms with E-state index in [1.807, 2.05) is 59.2 Å². The standard InChI is InChI=1S/C27H27N3O4S/c31-27(20-30-25-9-5-4-8-23(25)18-26(30)22-6-2-1-3-7-22)28-19-21-10-12-24(13-11-21)35(32,33)29-14-16-34-17-15-29/h1-13,18H,14-17,19-20H2,(H,28,31). The fourth-order valence-corrected chi connectivity index (χ4v) is 5.75. The highest BCUT2D eigenvalue weighted by atomic mass is 32.2. The highest BCUT2D eigenvalue weighted by Crippen LogP contribution is 2.28. The fraction of sp³-hybridized carbons (Fsp3) is 0.222. The molecule has 2 heterocycles. The Morgan fingerprint density at radius 2 is 1.57 bits per heavy atom. The first-order valence-electron chi connectivity index (χ1n) is 11.6. The first kappa shape index (κ1) is 23.3. The molecule has 4 aromatic rings.